The Morgan fingerprint density at radius 1 is 1.15 bits per heavy atom. The van der Waals surface area contributed by atoms with Crippen LogP contribution in [0.1, 0.15) is 36.0 Å². The van der Waals surface area contributed by atoms with E-state index in [1.54, 1.807) is 12.1 Å². The highest BCUT2D eigenvalue weighted by Gasteiger charge is 2.24. The van der Waals surface area contributed by atoms with Crippen molar-refractivity contribution in [2.75, 3.05) is 52.5 Å². The highest BCUT2D eigenvalue weighted by Crippen LogP contribution is 2.19. The van der Waals surface area contributed by atoms with Gasteiger partial charge in [0.15, 0.2) is 0 Å². The average Bonchev–Trinajstić information content (AvgIpc) is 2.67. The minimum atomic E-state index is -0.409. The van der Waals surface area contributed by atoms with E-state index in [2.05, 4.69) is 9.80 Å². The minimum Gasteiger partial charge on any atom is -0.494 e. The van der Waals surface area contributed by atoms with Gasteiger partial charge in [0.05, 0.1) is 19.8 Å². The first-order valence-corrected chi connectivity index (χ1v) is 9.79. The van der Waals surface area contributed by atoms with E-state index < -0.39 is 5.91 Å². The van der Waals surface area contributed by atoms with Crippen LogP contribution < -0.4 is 10.5 Å². The van der Waals surface area contributed by atoms with Crippen LogP contribution in [0.5, 0.6) is 5.75 Å². The number of piperidine rings is 1. The van der Waals surface area contributed by atoms with Crippen molar-refractivity contribution in [2.45, 2.75) is 31.7 Å². The molecule has 144 valence electrons. The van der Waals surface area contributed by atoms with Crippen molar-refractivity contribution in [1.29, 1.82) is 0 Å². The lowest BCUT2D eigenvalue weighted by Crippen LogP contribution is -2.49. The standard InChI is InChI=1S/C20H31N3O3/c21-20(24)17-5-7-19(8-6-17)26-13-3-10-23-9-2-1-4-18(23)16-22-11-14-25-15-12-22/h5-8,18H,1-4,9-16H2,(H2,21,24). The molecule has 3 rings (SSSR count). The third kappa shape index (κ3) is 5.69. The van der Waals surface area contributed by atoms with Crippen molar-refractivity contribution >= 4 is 5.91 Å². The summed E-state index contributed by atoms with van der Waals surface area (Å²) in [5, 5.41) is 0. The van der Waals surface area contributed by atoms with Gasteiger partial charge in [0.1, 0.15) is 5.75 Å². The van der Waals surface area contributed by atoms with E-state index in [1.165, 1.54) is 32.4 Å². The number of hydrogen-bond acceptors (Lipinski definition) is 5. The van der Waals surface area contributed by atoms with Crippen LogP contribution in [0.3, 0.4) is 0 Å². The van der Waals surface area contributed by atoms with E-state index in [-0.39, 0.29) is 0 Å². The van der Waals surface area contributed by atoms with Crippen LogP contribution in [0.4, 0.5) is 0 Å². The largest absolute Gasteiger partial charge is 0.494 e. The summed E-state index contributed by atoms with van der Waals surface area (Å²) in [5.74, 6) is 0.381. The number of morpholine rings is 1. The van der Waals surface area contributed by atoms with E-state index in [1.807, 2.05) is 12.1 Å². The fraction of sp³-hybridized carbons (Fsp3) is 0.650. The van der Waals surface area contributed by atoms with Gasteiger partial charge >= 0.3 is 0 Å². The quantitative estimate of drug-likeness (QED) is 0.715. The van der Waals surface area contributed by atoms with Gasteiger partial charge in [-0.1, -0.05) is 6.42 Å². The molecule has 0 radical (unpaired) electrons. The Morgan fingerprint density at radius 3 is 2.65 bits per heavy atom. The number of ether oxygens (including phenoxy) is 2. The maximum absolute atomic E-state index is 11.1. The van der Waals surface area contributed by atoms with Gasteiger partial charge in [-0.25, -0.2) is 0 Å². The number of rotatable bonds is 8. The molecular formula is C20H31N3O3. The van der Waals surface area contributed by atoms with Crippen molar-refractivity contribution in [3.63, 3.8) is 0 Å². The fourth-order valence-corrected chi connectivity index (χ4v) is 3.82. The van der Waals surface area contributed by atoms with Crippen LogP contribution >= 0.6 is 0 Å². The number of benzene rings is 1. The second-order valence-electron chi connectivity index (χ2n) is 7.19. The molecule has 1 atom stereocenters. The molecule has 2 heterocycles. The van der Waals surface area contributed by atoms with E-state index in [4.69, 9.17) is 15.2 Å². The lowest BCUT2D eigenvalue weighted by atomic mass is 10.0. The summed E-state index contributed by atoms with van der Waals surface area (Å²) < 4.78 is 11.3. The minimum absolute atomic E-state index is 0.409. The Labute approximate surface area is 156 Å². The molecule has 2 aliphatic rings. The first kappa shape index (κ1) is 19.1. The van der Waals surface area contributed by atoms with Gasteiger partial charge in [0.25, 0.3) is 0 Å². The molecule has 2 aliphatic heterocycles. The van der Waals surface area contributed by atoms with E-state index in [0.29, 0.717) is 18.2 Å². The predicted molar refractivity (Wildman–Crippen MR) is 102 cm³/mol. The molecule has 26 heavy (non-hydrogen) atoms. The monoisotopic (exact) mass is 361 g/mol. The summed E-state index contributed by atoms with van der Waals surface area (Å²) in [5.41, 5.74) is 5.76. The van der Waals surface area contributed by atoms with Crippen molar-refractivity contribution in [3.8, 4) is 5.75 Å². The number of carbonyl (C=O) groups is 1. The highest BCUT2D eigenvalue weighted by molar-refractivity contribution is 5.92. The van der Waals surface area contributed by atoms with Gasteiger partial charge in [-0.3, -0.25) is 14.6 Å². The van der Waals surface area contributed by atoms with Gasteiger partial charge in [-0.2, -0.15) is 0 Å². The third-order valence-corrected chi connectivity index (χ3v) is 5.32. The van der Waals surface area contributed by atoms with Crippen molar-refractivity contribution in [2.24, 2.45) is 5.73 Å². The zero-order chi connectivity index (χ0) is 18.2. The van der Waals surface area contributed by atoms with Crippen molar-refractivity contribution in [3.05, 3.63) is 29.8 Å². The summed E-state index contributed by atoms with van der Waals surface area (Å²) in [6, 6.07) is 7.70. The van der Waals surface area contributed by atoms with Gasteiger partial charge in [-0.05, 0) is 50.1 Å². The Hall–Kier alpha value is -1.63. The molecule has 2 N–H and O–H groups in total. The lowest BCUT2D eigenvalue weighted by molar-refractivity contribution is 0.0160. The molecule has 0 aliphatic carbocycles. The highest BCUT2D eigenvalue weighted by atomic mass is 16.5. The molecule has 0 saturated carbocycles. The number of amides is 1. The Balaban J connectivity index is 1.39. The number of likely N-dealkylation sites (tertiary alicyclic amines) is 1. The predicted octanol–water partition coefficient (Wildman–Crippen LogP) is 1.74. The normalized spacial score (nSPS) is 22.2. The molecule has 6 nitrogen and oxygen atoms in total. The fourth-order valence-electron chi connectivity index (χ4n) is 3.82. The molecule has 0 bridgehead atoms. The van der Waals surface area contributed by atoms with Crippen LogP contribution in [0.2, 0.25) is 0 Å². The van der Waals surface area contributed by atoms with Crippen LogP contribution in [-0.2, 0) is 4.74 Å². The summed E-state index contributed by atoms with van der Waals surface area (Å²) in [6.45, 7) is 8.00. The number of carbonyl (C=O) groups excluding carboxylic acids is 1. The number of nitrogens with two attached hydrogens (primary N) is 1. The first-order valence-electron chi connectivity index (χ1n) is 9.79. The lowest BCUT2D eigenvalue weighted by Gasteiger charge is -2.39. The van der Waals surface area contributed by atoms with Gasteiger partial charge in [0, 0.05) is 37.8 Å². The Morgan fingerprint density at radius 2 is 1.92 bits per heavy atom. The maximum Gasteiger partial charge on any atom is 0.248 e. The van der Waals surface area contributed by atoms with Crippen LogP contribution in [0.25, 0.3) is 0 Å². The SMILES string of the molecule is NC(=O)c1ccc(OCCCN2CCCCC2CN2CCOCC2)cc1. The summed E-state index contributed by atoms with van der Waals surface area (Å²) in [6.07, 6.45) is 4.95. The number of nitrogens with zero attached hydrogens (tertiary/aromatic N) is 2. The average molecular weight is 361 g/mol. The third-order valence-electron chi connectivity index (χ3n) is 5.32. The Bertz CT molecular complexity index is 558. The number of hydrogen-bond donors (Lipinski definition) is 1. The topological polar surface area (TPSA) is 68.0 Å². The Kier molecular flexibility index (Phi) is 7.29. The molecular weight excluding hydrogens is 330 g/mol. The zero-order valence-electron chi connectivity index (χ0n) is 15.6. The van der Waals surface area contributed by atoms with Gasteiger partial charge in [0.2, 0.25) is 5.91 Å². The molecule has 1 aromatic carbocycles. The van der Waals surface area contributed by atoms with Crippen LogP contribution in [0.15, 0.2) is 24.3 Å². The second-order valence-corrected chi connectivity index (χ2v) is 7.19. The van der Waals surface area contributed by atoms with Crippen molar-refractivity contribution < 1.29 is 14.3 Å². The van der Waals surface area contributed by atoms with Gasteiger partial charge in [-0.15, -0.1) is 0 Å². The molecule has 0 spiro atoms. The molecule has 1 unspecified atom stereocenters. The molecule has 2 fully saturated rings. The second kappa shape index (κ2) is 9.90. The molecule has 1 aromatic rings. The summed E-state index contributed by atoms with van der Waals surface area (Å²) >= 11 is 0. The molecule has 1 amide bonds. The number of primary amides is 1. The van der Waals surface area contributed by atoms with Gasteiger partial charge < -0.3 is 15.2 Å². The van der Waals surface area contributed by atoms with Crippen molar-refractivity contribution in [1.82, 2.24) is 9.80 Å². The van der Waals surface area contributed by atoms with E-state index >= 15 is 0 Å². The maximum atomic E-state index is 11.1. The van der Waals surface area contributed by atoms with E-state index in [0.717, 1.165) is 45.0 Å². The van der Waals surface area contributed by atoms with E-state index in [9.17, 15) is 4.79 Å². The smallest absolute Gasteiger partial charge is 0.248 e. The zero-order valence-corrected chi connectivity index (χ0v) is 15.6. The molecule has 6 heteroatoms. The molecule has 0 aromatic heterocycles. The van der Waals surface area contributed by atoms with Crippen LogP contribution in [-0.4, -0.2) is 74.3 Å². The summed E-state index contributed by atoms with van der Waals surface area (Å²) in [4.78, 5) is 16.3. The van der Waals surface area contributed by atoms with Crippen LogP contribution in [0, 0.1) is 0 Å². The first-order chi connectivity index (χ1) is 12.7. The molecule has 2 saturated heterocycles. The summed E-state index contributed by atoms with van der Waals surface area (Å²) in [7, 11) is 0.